The lowest BCUT2D eigenvalue weighted by molar-refractivity contribution is 0.113. The molecule has 0 amide bonds. The summed E-state index contributed by atoms with van der Waals surface area (Å²) in [5, 5.41) is 3.64. The molecule has 0 radical (unpaired) electrons. The molecule has 0 aliphatic carbocycles. The van der Waals surface area contributed by atoms with Crippen molar-refractivity contribution in [2.75, 3.05) is 46.8 Å². The summed E-state index contributed by atoms with van der Waals surface area (Å²) in [6, 6.07) is 0.698. The normalized spacial score (nSPS) is 21.9. The van der Waals surface area contributed by atoms with Gasteiger partial charge in [0.1, 0.15) is 0 Å². The molecule has 0 bridgehead atoms. The van der Waals surface area contributed by atoms with E-state index < -0.39 is 0 Å². The number of nitrogens with zero attached hydrogens (tertiary/aromatic N) is 2. The molecule has 1 saturated heterocycles. The third-order valence-electron chi connectivity index (χ3n) is 4.32. The van der Waals surface area contributed by atoms with Crippen molar-refractivity contribution in [2.45, 2.75) is 57.9 Å². The van der Waals surface area contributed by atoms with Crippen LogP contribution in [0.1, 0.15) is 51.9 Å². The average Bonchev–Trinajstić information content (AvgIpc) is 2.40. The molecule has 0 spiro atoms. The molecule has 3 heteroatoms. The standard InChI is InChI=1S/C16H35N3/c1-4-5-6-7-8-9-10-11-17-14-16-15-18(2)12-13-19(16)3/h16-17H,4-15H2,1-3H3. The van der Waals surface area contributed by atoms with Crippen LogP contribution in [-0.2, 0) is 0 Å². The number of hydrogen-bond acceptors (Lipinski definition) is 3. The van der Waals surface area contributed by atoms with Gasteiger partial charge < -0.3 is 10.2 Å². The second kappa shape index (κ2) is 10.6. The molecule has 3 nitrogen and oxygen atoms in total. The van der Waals surface area contributed by atoms with Crippen molar-refractivity contribution in [3.05, 3.63) is 0 Å². The highest BCUT2D eigenvalue weighted by atomic mass is 15.3. The van der Waals surface area contributed by atoms with Gasteiger partial charge in [0.05, 0.1) is 0 Å². The number of rotatable bonds is 10. The van der Waals surface area contributed by atoms with Gasteiger partial charge in [0.25, 0.3) is 0 Å². The van der Waals surface area contributed by atoms with E-state index in [1.165, 1.54) is 71.1 Å². The van der Waals surface area contributed by atoms with Crippen molar-refractivity contribution in [3.63, 3.8) is 0 Å². The van der Waals surface area contributed by atoms with Crippen LogP contribution in [-0.4, -0.2) is 62.7 Å². The molecule has 1 aliphatic heterocycles. The molecule has 1 fully saturated rings. The van der Waals surface area contributed by atoms with Gasteiger partial charge in [0, 0.05) is 32.2 Å². The van der Waals surface area contributed by atoms with Crippen LogP contribution < -0.4 is 5.32 Å². The second-order valence-electron chi connectivity index (χ2n) is 6.22. The molecule has 1 unspecified atom stereocenters. The van der Waals surface area contributed by atoms with Crippen LogP contribution in [0.25, 0.3) is 0 Å². The first-order valence-electron chi connectivity index (χ1n) is 8.33. The molecule has 1 aliphatic rings. The van der Waals surface area contributed by atoms with Crippen molar-refractivity contribution in [1.29, 1.82) is 0 Å². The molecular weight excluding hydrogens is 234 g/mol. The zero-order valence-electron chi connectivity index (χ0n) is 13.5. The zero-order valence-corrected chi connectivity index (χ0v) is 13.5. The first-order valence-corrected chi connectivity index (χ1v) is 8.33. The molecule has 0 saturated carbocycles. The summed E-state index contributed by atoms with van der Waals surface area (Å²) < 4.78 is 0. The molecule has 1 rings (SSSR count). The Hall–Kier alpha value is -0.120. The van der Waals surface area contributed by atoms with Gasteiger partial charge in [0.15, 0.2) is 0 Å². The minimum atomic E-state index is 0.698. The minimum Gasteiger partial charge on any atom is -0.315 e. The van der Waals surface area contributed by atoms with Crippen LogP contribution in [0, 0.1) is 0 Å². The molecule has 19 heavy (non-hydrogen) atoms. The molecular formula is C16H35N3. The highest BCUT2D eigenvalue weighted by molar-refractivity contribution is 4.80. The van der Waals surface area contributed by atoms with Crippen LogP contribution in [0.3, 0.4) is 0 Å². The van der Waals surface area contributed by atoms with Crippen LogP contribution in [0.2, 0.25) is 0 Å². The van der Waals surface area contributed by atoms with Gasteiger partial charge in [-0.3, -0.25) is 4.90 Å². The van der Waals surface area contributed by atoms with Crippen molar-refractivity contribution in [3.8, 4) is 0 Å². The molecule has 0 aromatic heterocycles. The Kier molecular flexibility index (Phi) is 9.48. The smallest absolute Gasteiger partial charge is 0.0345 e. The summed E-state index contributed by atoms with van der Waals surface area (Å²) in [4.78, 5) is 4.94. The van der Waals surface area contributed by atoms with E-state index in [2.05, 4.69) is 36.1 Å². The lowest BCUT2D eigenvalue weighted by Crippen LogP contribution is -2.53. The van der Waals surface area contributed by atoms with E-state index in [1.54, 1.807) is 0 Å². The monoisotopic (exact) mass is 269 g/mol. The average molecular weight is 269 g/mol. The van der Waals surface area contributed by atoms with Crippen molar-refractivity contribution in [2.24, 2.45) is 0 Å². The lowest BCUT2D eigenvalue weighted by atomic mass is 10.1. The number of piperazine rings is 1. The predicted octanol–water partition coefficient (Wildman–Crippen LogP) is 2.57. The molecule has 1 heterocycles. The maximum atomic E-state index is 3.64. The Morgan fingerprint density at radius 1 is 0.947 bits per heavy atom. The third kappa shape index (κ3) is 7.91. The summed E-state index contributed by atoms with van der Waals surface area (Å²) in [6.07, 6.45) is 9.81. The van der Waals surface area contributed by atoms with Gasteiger partial charge in [-0.05, 0) is 27.1 Å². The Balaban J connectivity index is 1.90. The fourth-order valence-corrected chi connectivity index (χ4v) is 2.80. The lowest BCUT2D eigenvalue weighted by Gasteiger charge is -2.37. The molecule has 1 atom stereocenters. The molecule has 1 N–H and O–H groups in total. The number of unbranched alkanes of at least 4 members (excludes halogenated alkanes) is 6. The van der Waals surface area contributed by atoms with Gasteiger partial charge in [-0.25, -0.2) is 0 Å². The predicted molar refractivity (Wildman–Crippen MR) is 84.8 cm³/mol. The van der Waals surface area contributed by atoms with E-state index >= 15 is 0 Å². The van der Waals surface area contributed by atoms with E-state index in [4.69, 9.17) is 0 Å². The number of nitrogens with one attached hydrogen (secondary N) is 1. The topological polar surface area (TPSA) is 18.5 Å². The van der Waals surface area contributed by atoms with E-state index in [1.807, 2.05) is 0 Å². The first-order chi connectivity index (χ1) is 9.24. The summed E-state index contributed by atoms with van der Waals surface area (Å²) >= 11 is 0. The van der Waals surface area contributed by atoms with Crippen molar-refractivity contribution < 1.29 is 0 Å². The van der Waals surface area contributed by atoms with Crippen molar-refractivity contribution >= 4 is 0 Å². The Morgan fingerprint density at radius 2 is 1.63 bits per heavy atom. The summed E-state index contributed by atoms with van der Waals surface area (Å²) in [5.41, 5.74) is 0. The van der Waals surface area contributed by atoms with E-state index in [0.29, 0.717) is 6.04 Å². The van der Waals surface area contributed by atoms with Crippen LogP contribution in [0.4, 0.5) is 0 Å². The second-order valence-corrected chi connectivity index (χ2v) is 6.22. The molecule has 114 valence electrons. The fourth-order valence-electron chi connectivity index (χ4n) is 2.80. The number of likely N-dealkylation sites (N-methyl/N-ethyl adjacent to an activating group) is 2. The highest BCUT2D eigenvalue weighted by Crippen LogP contribution is 2.07. The first kappa shape index (κ1) is 16.9. The quantitative estimate of drug-likeness (QED) is 0.615. The SMILES string of the molecule is CCCCCCCCCNCC1CN(C)CCN1C. The van der Waals surface area contributed by atoms with Gasteiger partial charge >= 0.3 is 0 Å². The third-order valence-corrected chi connectivity index (χ3v) is 4.32. The molecule has 0 aromatic carbocycles. The van der Waals surface area contributed by atoms with Crippen LogP contribution in [0.15, 0.2) is 0 Å². The fraction of sp³-hybridized carbons (Fsp3) is 1.00. The van der Waals surface area contributed by atoms with Gasteiger partial charge in [-0.1, -0.05) is 45.4 Å². The van der Waals surface area contributed by atoms with E-state index in [0.717, 1.165) is 6.54 Å². The number of hydrogen-bond donors (Lipinski definition) is 1. The van der Waals surface area contributed by atoms with E-state index in [9.17, 15) is 0 Å². The highest BCUT2D eigenvalue weighted by Gasteiger charge is 2.21. The van der Waals surface area contributed by atoms with Crippen LogP contribution >= 0.6 is 0 Å². The Morgan fingerprint density at radius 3 is 2.37 bits per heavy atom. The van der Waals surface area contributed by atoms with Gasteiger partial charge in [0.2, 0.25) is 0 Å². The van der Waals surface area contributed by atoms with Gasteiger partial charge in [-0.2, -0.15) is 0 Å². The summed E-state index contributed by atoms with van der Waals surface area (Å²) in [6.45, 7) is 8.26. The van der Waals surface area contributed by atoms with Crippen LogP contribution in [0.5, 0.6) is 0 Å². The van der Waals surface area contributed by atoms with Gasteiger partial charge in [-0.15, -0.1) is 0 Å². The largest absolute Gasteiger partial charge is 0.315 e. The minimum absolute atomic E-state index is 0.698. The molecule has 0 aromatic rings. The Bertz CT molecular complexity index is 208. The summed E-state index contributed by atoms with van der Waals surface area (Å²) in [5.74, 6) is 0. The Labute approximate surface area is 120 Å². The zero-order chi connectivity index (χ0) is 13.9. The maximum absolute atomic E-state index is 3.64. The maximum Gasteiger partial charge on any atom is 0.0345 e. The van der Waals surface area contributed by atoms with E-state index in [-0.39, 0.29) is 0 Å². The summed E-state index contributed by atoms with van der Waals surface area (Å²) in [7, 11) is 4.49. The van der Waals surface area contributed by atoms with Crippen molar-refractivity contribution in [1.82, 2.24) is 15.1 Å².